The second kappa shape index (κ2) is 3.21. The molecule has 1 aliphatic rings. The van der Waals surface area contributed by atoms with Gasteiger partial charge in [-0.3, -0.25) is 0 Å². The molecule has 1 atom stereocenters. The Kier molecular flexibility index (Phi) is 2.50. The molecule has 0 bridgehead atoms. The molecule has 0 aromatic heterocycles. The molecule has 0 aromatic carbocycles. The van der Waals surface area contributed by atoms with Gasteiger partial charge in [0.1, 0.15) is 0 Å². The van der Waals surface area contributed by atoms with Crippen LogP contribution < -0.4 is 11.5 Å². The lowest BCUT2D eigenvalue weighted by Gasteiger charge is -2.11. The molecule has 0 saturated carbocycles. The normalized spacial score (nSPS) is 28.8. The predicted molar refractivity (Wildman–Crippen MR) is 51.5 cm³/mol. The first-order valence-corrected chi connectivity index (χ1v) is 4.04. The zero-order chi connectivity index (χ0) is 7.56. The van der Waals surface area contributed by atoms with E-state index in [1.165, 1.54) is 0 Å². The number of hydrogen-bond donors (Lipinski definition) is 2. The summed E-state index contributed by atoms with van der Waals surface area (Å²) in [6.45, 7) is 0. The fourth-order valence-corrected chi connectivity index (χ4v) is 1.34. The van der Waals surface area contributed by atoms with Crippen LogP contribution in [0.5, 0.6) is 0 Å². The molecule has 0 amide bonds. The topological polar surface area (TPSA) is 52.0 Å². The molecular weight excluding hydrogens is 239 g/mol. The van der Waals surface area contributed by atoms with Gasteiger partial charge in [0.2, 0.25) is 0 Å². The summed E-state index contributed by atoms with van der Waals surface area (Å²) in [6.07, 6.45) is 7.44. The molecule has 0 heterocycles. The van der Waals surface area contributed by atoms with E-state index in [1.807, 2.05) is 18.2 Å². The number of halogens is 1. The van der Waals surface area contributed by atoms with E-state index in [4.69, 9.17) is 11.5 Å². The molecule has 0 radical (unpaired) electrons. The van der Waals surface area contributed by atoms with Crippen molar-refractivity contribution in [3.8, 4) is 0 Å². The van der Waals surface area contributed by atoms with Gasteiger partial charge in [0.05, 0.1) is 0 Å². The molecule has 10 heavy (non-hydrogen) atoms. The lowest BCUT2D eigenvalue weighted by Crippen LogP contribution is -2.21. The maximum atomic E-state index is 5.67. The van der Waals surface area contributed by atoms with Crippen molar-refractivity contribution in [2.45, 2.75) is 6.04 Å². The summed E-state index contributed by atoms with van der Waals surface area (Å²) in [7, 11) is 0. The van der Waals surface area contributed by atoms with Crippen molar-refractivity contribution in [2.75, 3.05) is 0 Å². The number of nitrogens with two attached hydrogens (primary N) is 2. The minimum atomic E-state index is -0.0245. The SMILES string of the molecule is NC=C1C=C(I)C=CC1N. The molecule has 4 N–H and O–H groups in total. The Bertz CT molecular complexity index is 216. The van der Waals surface area contributed by atoms with Crippen LogP contribution in [0.2, 0.25) is 0 Å². The molecule has 0 spiro atoms. The van der Waals surface area contributed by atoms with Gasteiger partial charge in [-0.15, -0.1) is 0 Å². The van der Waals surface area contributed by atoms with Gasteiger partial charge in [-0.25, -0.2) is 0 Å². The Morgan fingerprint density at radius 3 is 2.80 bits per heavy atom. The fourth-order valence-electron chi connectivity index (χ4n) is 0.769. The van der Waals surface area contributed by atoms with Gasteiger partial charge in [0, 0.05) is 9.62 Å². The second-order valence-electron chi connectivity index (χ2n) is 2.08. The molecule has 2 nitrogen and oxygen atoms in total. The smallest absolute Gasteiger partial charge is 0.0499 e. The van der Waals surface area contributed by atoms with Gasteiger partial charge in [-0.2, -0.15) is 0 Å². The summed E-state index contributed by atoms with van der Waals surface area (Å²) in [5.41, 5.74) is 12.0. The van der Waals surface area contributed by atoms with E-state index in [1.54, 1.807) is 6.20 Å². The van der Waals surface area contributed by atoms with Gasteiger partial charge >= 0.3 is 0 Å². The van der Waals surface area contributed by atoms with Crippen LogP contribution >= 0.6 is 22.6 Å². The van der Waals surface area contributed by atoms with Crippen LogP contribution in [0.4, 0.5) is 0 Å². The van der Waals surface area contributed by atoms with E-state index in [9.17, 15) is 0 Å². The lowest BCUT2D eigenvalue weighted by molar-refractivity contribution is 0.965. The highest BCUT2D eigenvalue weighted by atomic mass is 127. The van der Waals surface area contributed by atoms with Gasteiger partial charge in [-0.1, -0.05) is 12.2 Å². The minimum Gasteiger partial charge on any atom is -0.404 e. The predicted octanol–water partition coefficient (Wildman–Crippen LogP) is 1.05. The Balaban J connectivity index is 2.88. The van der Waals surface area contributed by atoms with Crippen molar-refractivity contribution in [3.05, 3.63) is 33.6 Å². The molecule has 3 heteroatoms. The van der Waals surface area contributed by atoms with Crippen molar-refractivity contribution in [2.24, 2.45) is 11.5 Å². The molecule has 0 aromatic rings. The van der Waals surface area contributed by atoms with Gasteiger partial charge in [-0.05, 0) is 40.4 Å². The summed E-state index contributed by atoms with van der Waals surface area (Å²) in [5.74, 6) is 0. The number of rotatable bonds is 0. The summed E-state index contributed by atoms with van der Waals surface area (Å²) >= 11 is 2.23. The molecule has 1 unspecified atom stereocenters. The maximum absolute atomic E-state index is 5.67. The van der Waals surface area contributed by atoms with Crippen LogP contribution in [-0.4, -0.2) is 6.04 Å². The van der Waals surface area contributed by atoms with E-state index in [0.29, 0.717) is 0 Å². The first-order chi connectivity index (χ1) is 4.74. The third-order valence-corrected chi connectivity index (χ3v) is 2.02. The third kappa shape index (κ3) is 1.60. The van der Waals surface area contributed by atoms with Crippen molar-refractivity contribution < 1.29 is 0 Å². The van der Waals surface area contributed by atoms with E-state index in [2.05, 4.69) is 22.6 Å². The van der Waals surface area contributed by atoms with Crippen LogP contribution in [0.15, 0.2) is 33.6 Å². The molecule has 1 aliphatic carbocycles. The van der Waals surface area contributed by atoms with Gasteiger partial charge < -0.3 is 11.5 Å². The van der Waals surface area contributed by atoms with Crippen molar-refractivity contribution in [3.63, 3.8) is 0 Å². The first-order valence-electron chi connectivity index (χ1n) is 2.97. The van der Waals surface area contributed by atoms with E-state index >= 15 is 0 Å². The van der Waals surface area contributed by atoms with Crippen molar-refractivity contribution in [1.82, 2.24) is 0 Å². The van der Waals surface area contributed by atoms with E-state index in [-0.39, 0.29) is 6.04 Å². The molecule has 0 saturated heterocycles. The maximum Gasteiger partial charge on any atom is 0.0499 e. The van der Waals surface area contributed by atoms with Crippen LogP contribution in [0, 0.1) is 0 Å². The standard InChI is InChI=1S/C7H9IN2/c8-6-1-2-7(10)5(3-6)4-9/h1-4,7H,9-10H2. The molecule has 0 fully saturated rings. The lowest BCUT2D eigenvalue weighted by atomic mass is 10.0. The van der Waals surface area contributed by atoms with Crippen LogP contribution in [0.1, 0.15) is 0 Å². The highest BCUT2D eigenvalue weighted by molar-refractivity contribution is 14.1. The van der Waals surface area contributed by atoms with Crippen molar-refractivity contribution in [1.29, 1.82) is 0 Å². The van der Waals surface area contributed by atoms with E-state index in [0.717, 1.165) is 9.15 Å². The third-order valence-electron chi connectivity index (χ3n) is 1.34. The Morgan fingerprint density at radius 1 is 1.60 bits per heavy atom. The molecule has 54 valence electrons. The van der Waals surface area contributed by atoms with Crippen LogP contribution in [-0.2, 0) is 0 Å². The van der Waals surface area contributed by atoms with E-state index < -0.39 is 0 Å². The highest BCUT2D eigenvalue weighted by Gasteiger charge is 2.06. The molecular formula is C7H9IN2. The zero-order valence-electron chi connectivity index (χ0n) is 5.42. The van der Waals surface area contributed by atoms with Crippen molar-refractivity contribution >= 4 is 22.6 Å². The average molecular weight is 248 g/mol. The summed E-state index contributed by atoms with van der Waals surface area (Å²) in [4.78, 5) is 0. The molecule has 0 aliphatic heterocycles. The number of allylic oxidation sites excluding steroid dienone is 2. The fraction of sp³-hybridized carbons (Fsp3) is 0.143. The van der Waals surface area contributed by atoms with Crippen LogP contribution in [0.3, 0.4) is 0 Å². The quantitative estimate of drug-likeness (QED) is 0.629. The van der Waals surface area contributed by atoms with Gasteiger partial charge in [0.25, 0.3) is 0 Å². The summed E-state index contributed by atoms with van der Waals surface area (Å²) in [5, 5.41) is 0. The second-order valence-corrected chi connectivity index (χ2v) is 3.33. The average Bonchev–Trinajstić information content (AvgIpc) is 1.94. The highest BCUT2D eigenvalue weighted by Crippen LogP contribution is 2.18. The monoisotopic (exact) mass is 248 g/mol. The Labute approximate surface area is 73.8 Å². The zero-order valence-corrected chi connectivity index (χ0v) is 7.58. The summed E-state index contributed by atoms with van der Waals surface area (Å²) in [6, 6.07) is -0.0245. The minimum absolute atomic E-state index is 0.0245. The van der Waals surface area contributed by atoms with Crippen LogP contribution in [0.25, 0.3) is 0 Å². The summed E-state index contributed by atoms with van der Waals surface area (Å²) < 4.78 is 1.16. The van der Waals surface area contributed by atoms with Gasteiger partial charge in [0.15, 0.2) is 0 Å². The molecule has 1 rings (SSSR count). The largest absolute Gasteiger partial charge is 0.404 e. The number of hydrogen-bond acceptors (Lipinski definition) is 2. The Morgan fingerprint density at radius 2 is 2.30 bits per heavy atom. The Hall–Kier alpha value is -0.290. The first kappa shape index (κ1) is 7.81.